The molecule has 1 heterocycles. The van der Waals surface area contributed by atoms with Gasteiger partial charge < -0.3 is 10.6 Å². The topological polar surface area (TPSA) is 70.2 Å². The summed E-state index contributed by atoms with van der Waals surface area (Å²) >= 11 is 0. The number of aryl methyl sites for hydroxylation is 1. The van der Waals surface area contributed by atoms with Gasteiger partial charge in [0.15, 0.2) is 0 Å². The number of alkyl halides is 3. The van der Waals surface area contributed by atoms with Crippen LogP contribution in [0.3, 0.4) is 0 Å². The van der Waals surface area contributed by atoms with Crippen LogP contribution in [0.2, 0.25) is 0 Å². The van der Waals surface area contributed by atoms with Crippen LogP contribution in [0.25, 0.3) is 0 Å². The molecule has 1 saturated heterocycles. The van der Waals surface area contributed by atoms with E-state index >= 15 is 0 Å². The zero-order valence-corrected chi connectivity index (χ0v) is 13.6. The summed E-state index contributed by atoms with van der Waals surface area (Å²) in [5.41, 5.74) is -0.0173. The summed E-state index contributed by atoms with van der Waals surface area (Å²) in [6.45, 7) is 4.79. The van der Waals surface area contributed by atoms with Crippen molar-refractivity contribution >= 4 is 11.8 Å². The second kappa shape index (κ2) is 6.80. The first-order valence-electron chi connectivity index (χ1n) is 7.61. The van der Waals surface area contributed by atoms with Crippen LogP contribution >= 0.6 is 0 Å². The molecule has 5 nitrogen and oxygen atoms in total. The summed E-state index contributed by atoms with van der Waals surface area (Å²) in [7, 11) is 0. The van der Waals surface area contributed by atoms with Crippen molar-refractivity contribution in [3.05, 3.63) is 34.9 Å². The number of halogens is 3. The van der Waals surface area contributed by atoms with Gasteiger partial charge in [0.05, 0.1) is 30.2 Å². The van der Waals surface area contributed by atoms with Crippen molar-refractivity contribution in [3.63, 3.8) is 0 Å². The van der Waals surface area contributed by atoms with Crippen LogP contribution < -0.4 is 16.0 Å². The lowest BCUT2D eigenvalue weighted by Crippen LogP contribution is -2.59. The Labute approximate surface area is 138 Å². The standard InChI is InChI=1S/C16H20F3N3O2/c1-8-6-11(4-5-12(8)16(17,18)19)9(2)20-15(24)13-7-14(23)22-10(3)21-13/h4-6,9-10,13,21H,7H2,1-3H3,(H,20,24)(H,22,23)/t9-,10?,13?/m1/s1. The second-order valence-corrected chi connectivity index (χ2v) is 6.01. The number of nitrogens with one attached hydrogen (secondary N) is 3. The quantitative estimate of drug-likeness (QED) is 0.786. The van der Waals surface area contributed by atoms with Gasteiger partial charge in [0.1, 0.15) is 0 Å². The van der Waals surface area contributed by atoms with Crippen LogP contribution in [0, 0.1) is 6.92 Å². The molecule has 8 heteroatoms. The minimum absolute atomic E-state index is 0.0228. The van der Waals surface area contributed by atoms with E-state index in [2.05, 4.69) is 16.0 Å². The van der Waals surface area contributed by atoms with Gasteiger partial charge in [-0.2, -0.15) is 13.2 Å². The van der Waals surface area contributed by atoms with E-state index in [-0.39, 0.29) is 30.0 Å². The average molecular weight is 343 g/mol. The zero-order valence-electron chi connectivity index (χ0n) is 13.6. The molecule has 2 unspecified atom stereocenters. The van der Waals surface area contributed by atoms with Gasteiger partial charge in [-0.15, -0.1) is 0 Å². The van der Waals surface area contributed by atoms with E-state index in [0.29, 0.717) is 5.56 Å². The molecule has 24 heavy (non-hydrogen) atoms. The average Bonchev–Trinajstić information content (AvgIpc) is 2.44. The summed E-state index contributed by atoms with van der Waals surface area (Å²) in [5.74, 6) is -0.582. The predicted molar refractivity (Wildman–Crippen MR) is 81.9 cm³/mol. The van der Waals surface area contributed by atoms with Gasteiger partial charge in [-0.25, -0.2) is 0 Å². The highest BCUT2D eigenvalue weighted by atomic mass is 19.4. The number of carbonyl (C=O) groups excluding carboxylic acids is 2. The first kappa shape index (κ1) is 18.3. The highest BCUT2D eigenvalue weighted by molar-refractivity contribution is 5.89. The fourth-order valence-corrected chi connectivity index (χ4v) is 2.73. The second-order valence-electron chi connectivity index (χ2n) is 6.01. The maximum absolute atomic E-state index is 12.8. The molecule has 1 aliphatic rings. The predicted octanol–water partition coefficient (Wildman–Crippen LogP) is 2.02. The molecule has 0 spiro atoms. The van der Waals surface area contributed by atoms with Gasteiger partial charge in [0.2, 0.25) is 11.8 Å². The Morgan fingerprint density at radius 3 is 2.58 bits per heavy atom. The largest absolute Gasteiger partial charge is 0.416 e. The molecular weight excluding hydrogens is 323 g/mol. The lowest BCUT2D eigenvalue weighted by Gasteiger charge is -2.29. The maximum Gasteiger partial charge on any atom is 0.416 e. The fourth-order valence-electron chi connectivity index (χ4n) is 2.73. The highest BCUT2D eigenvalue weighted by Gasteiger charge is 2.33. The van der Waals surface area contributed by atoms with E-state index in [1.54, 1.807) is 13.8 Å². The highest BCUT2D eigenvalue weighted by Crippen LogP contribution is 2.32. The zero-order chi connectivity index (χ0) is 18.1. The molecule has 0 saturated carbocycles. The summed E-state index contributed by atoms with van der Waals surface area (Å²) in [6, 6.07) is 2.65. The van der Waals surface area contributed by atoms with Crippen LogP contribution in [0.5, 0.6) is 0 Å². The van der Waals surface area contributed by atoms with Crippen LogP contribution in [0.15, 0.2) is 18.2 Å². The van der Waals surface area contributed by atoms with Crippen LogP contribution in [0.1, 0.15) is 43.0 Å². The van der Waals surface area contributed by atoms with Gasteiger partial charge in [-0.3, -0.25) is 14.9 Å². The van der Waals surface area contributed by atoms with Crippen LogP contribution in [0.4, 0.5) is 13.2 Å². The van der Waals surface area contributed by atoms with Crippen molar-refractivity contribution in [2.75, 3.05) is 0 Å². The van der Waals surface area contributed by atoms with Crippen LogP contribution in [-0.2, 0) is 15.8 Å². The molecule has 3 atom stereocenters. The molecule has 0 bridgehead atoms. The molecule has 0 aliphatic carbocycles. The Kier molecular flexibility index (Phi) is 5.17. The monoisotopic (exact) mass is 343 g/mol. The van der Waals surface area contributed by atoms with Crippen molar-refractivity contribution in [1.29, 1.82) is 0 Å². The third kappa shape index (κ3) is 4.25. The first-order valence-corrected chi connectivity index (χ1v) is 7.61. The number of hydrogen-bond donors (Lipinski definition) is 3. The van der Waals surface area contributed by atoms with Gasteiger partial charge >= 0.3 is 6.18 Å². The van der Waals surface area contributed by atoms with Gasteiger partial charge in [0.25, 0.3) is 0 Å². The van der Waals surface area contributed by atoms with Crippen molar-refractivity contribution < 1.29 is 22.8 Å². The summed E-state index contributed by atoms with van der Waals surface area (Å²) < 4.78 is 38.4. The molecule has 2 amide bonds. The Bertz CT molecular complexity index is 646. The number of carbonyl (C=O) groups is 2. The Hall–Kier alpha value is -2.09. The molecule has 0 aromatic heterocycles. The van der Waals surface area contributed by atoms with Crippen molar-refractivity contribution in [2.24, 2.45) is 0 Å². The Morgan fingerprint density at radius 2 is 2.04 bits per heavy atom. The Morgan fingerprint density at radius 1 is 1.38 bits per heavy atom. The van der Waals surface area contributed by atoms with E-state index < -0.39 is 23.8 Å². The van der Waals surface area contributed by atoms with E-state index in [9.17, 15) is 22.8 Å². The molecule has 1 aliphatic heterocycles. The minimum Gasteiger partial charge on any atom is -0.348 e. The minimum atomic E-state index is -4.40. The van der Waals surface area contributed by atoms with E-state index in [0.717, 1.165) is 6.07 Å². The summed E-state index contributed by atoms with van der Waals surface area (Å²) in [4.78, 5) is 23.7. The fraction of sp³-hybridized carbons (Fsp3) is 0.500. The smallest absolute Gasteiger partial charge is 0.348 e. The van der Waals surface area contributed by atoms with Crippen molar-refractivity contribution in [3.8, 4) is 0 Å². The molecule has 3 N–H and O–H groups in total. The first-order chi connectivity index (χ1) is 11.1. The summed E-state index contributed by atoms with van der Waals surface area (Å²) in [5, 5.41) is 8.32. The van der Waals surface area contributed by atoms with E-state index in [1.807, 2.05) is 0 Å². The van der Waals surface area contributed by atoms with Crippen molar-refractivity contribution in [2.45, 2.75) is 51.6 Å². The summed E-state index contributed by atoms with van der Waals surface area (Å²) in [6.07, 6.45) is -4.69. The molecule has 1 fully saturated rings. The number of rotatable bonds is 3. The number of benzene rings is 1. The number of hydrogen-bond acceptors (Lipinski definition) is 3. The lowest BCUT2D eigenvalue weighted by molar-refractivity contribution is -0.138. The molecule has 2 rings (SSSR count). The molecule has 0 radical (unpaired) electrons. The molecular formula is C16H20F3N3O2. The molecule has 1 aromatic rings. The molecule has 1 aromatic carbocycles. The number of amides is 2. The lowest BCUT2D eigenvalue weighted by atomic mass is 10.00. The van der Waals surface area contributed by atoms with Gasteiger partial charge in [-0.05, 0) is 38.0 Å². The third-order valence-electron chi connectivity index (χ3n) is 3.95. The van der Waals surface area contributed by atoms with Gasteiger partial charge in [0, 0.05) is 0 Å². The van der Waals surface area contributed by atoms with Crippen LogP contribution in [-0.4, -0.2) is 24.0 Å². The van der Waals surface area contributed by atoms with Gasteiger partial charge in [-0.1, -0.05) is 12.1 Å². The SMILES string of the molecule is Cc1cc([C@@H](C)NC(=O)C2CC(=O)NC(C)N2)ccc1C(F)(F)F. The normalized spacial score (nSPS) is 22.7. The Balaban J connectivity index is 2.07. The molecule has 132 valence electrons. The van der Waals surface area contributed by atoms with E-state index in [4.69, 9.17) is 0 Å². The van der Waals surface area contributed by atoms with E-state index in [1.165, 1.54) is 19.1 Å². The van der Waals surface area contributed by atoms with Crippen molar-refractivity contribution in [1.82, 2.24) is 16.0 Å². The maximum atomic E-state index is 12.8. The third-order valence-corrected chi connectivity index (χ3v) is 3.95.